The van der Waals surface area contributed by atoms with Crippen LogP contribution in [0.2, 0.25) is 0 Å². The third kappa shape index (κ3) is 7.50. The average Bonchev–Trinajstić information content (AvgIpc) is 3.08. The minimum Gasteiger partial charge on any atom is -0.508 e. The predicted octanol–water partition coefficient (Wildman–Crippen LogP) is 6.29. The van der Waals surface area contributed by atoms with Gasteiger partial charge in [-0.3, -0.25) is 4.79 Å². The van der Waals surface area contributed by atoms with Gasteiger partial charge in [0.15, 0.2) is 29.6 Å². The average molecular weight is 673 g/mol. The molecule has 1 aliphatic rings. The van der Waals surface area contributed by atoms with Gasteiger partial charge in [-0.15, -0.1) is 0 Å². The van der Waals surface area contributed by atoms with E-state index in [0.29, 0.717) is 17.7 Å². The Bertz CT molecular complexity index is 1730. The first-order valence-corrected chi connectivity index (χ1v) is 15.0. The maximum absolute atomic E-state index is 14.2. The molecule has 0 radical (unpaired) electrons. The molecule has 0 unspecified atom stereocenters. The molecule has 0 aliphatic carbocycles. The van der Waals surface area contributed by atoms with Gasteiger partial charge in [-0.05, 0) is 48.0 Å². The van der Waals surface area contributed by atoms with Crippen molar-refractivity contribution in [3.63, 3.8) is 0 Å². The molecule has 0 aromatic heterocycles. The molecule has 0 spiro atoms. The number of aliphatic hydroxyl groups is 2. The van der Waals surface area contributed by atoms with Crippen molar-refractivity contribution in [2.24, 2.45) is 5.92 Å². The highest BCUT2D eigenvalue weighted by Gasteiger charge is 2.39. The summed E-state index contributed by atoms with van der Waals surface area (Å²) in [5.74, 6) is -13.0. The number of nitrogens with zero attached hydrogens (tertiary/aromatic N) is 1. The molecule has 4 N–H and O–H groups in total. The fraction of sp³-hybridized carbons (Fsp3) is 0.286. The molecule has 1 heterocycles. The van der Waals surface area contributed by atoms with Crippen LogP contribution in [0.3, 0.4) is 0 Å². The van der Waals surface area contributed by atoms with E-state index < -0.39 is 65.2 Å². The smallest absolute Gasteiger partial charge is 0.261 e. The van der Waals surface area contributed by atoms with Crippen LogP contribution in [0.1, 0.15) is 58.0 Å². The number of phenols is 1. The first-order chi connectivity index (χ1) is 22.9. The number of carbonyl (C=O) groups is 1. The van der Waals surface area contributed by atoms with Crippen molar-refractivity contribution in [3.8, 4) is 5.75 Å². The number of hydrogen-bond donors (Lipinski definition) is 4. The zero-order valence-electron chi connectivity index (χ0n) is 25.8. The summed E-state index contributed by atoms with van der Waals surface area (Å²) in [6, 6.07) is 19.4. The summed E-state index contributed by atoms with van der Waals surface area (Å²) in [5, 5.41) is 32.2. The summed E-state index contributed by atoms with van der Waals surface area (Å²) in [6.45, 7) is 2.44. The van der Waals surface area contributed by atoms with Gasteiger partial charge in [0.2, 0.25) is 5.82 Å². The second-order valence-corrected chi connectivity index (χ2v) is 11.7. The fourth-order valence-corrected chi connectivity index (χ4v) is 5.56. The van der Waals surface area contributed by atoms with Crippen molar-refractivity contribution in [1.82, 2.24) is 4.90 Å². The Morgan fingerprint density at radius 3 is 2.08 bits per heavy atom. The van der Waals surface area contributed by atoms with E-state index in [-0.39, 0.29) is 30.5 Å². The topological polar surface area (TPSA) is 111 Å². The van der Waals surface area contributed by atoms with Gasteiger partial charge in [0.1, 0.15) is 11.3 Å². The van der Waals surface area contributed by atoms with Crippen molar-refractivity contribution in [1.29, 1.82) is 0 Å². The lowest BCUT2D eigenvalue weighted by molar-refractivity contribution is -0.276. The summed E-state index contributed by atoms with van der Waals surface area (Å²) < 4.78 is 81.8. The second kappa shape index (κ2) is 14.8. The second-order valence-electron chi connectivity index (χ2n) is 11.7. The molecule has 48 heavy (non-hydrogen) atoms. The molecule has 1 amide bonds. The van der Waals surface area contributed by atoms with E-state index in [9.17, 15) is 42.1 Å². The summed E-state index contributed by atoms with van der Waals surface area (Å²) >= 11 is 0. The van der Waals surface area contributed by atoms with Crippen molar-refractivity contribution < 1.29 is 51.5 Å². The monoisotopic (exact) mass is 672 g/mol. The number of aromatic hydroxyl groups is 1. The van der Waals surface area contributed by atoms with Gasteiger partial charge in [-0.25, -0.2) is 22.0 Å². The van der Waals surface area contributed by atoms with Gasteiger partial charge in [0.05, 0.1) is 24.9 Å². The first-order valence-electron chi connectivity index (χ1n) is 15.0. The third-order valence-electron chi connectivity index (χ3n) is 8.23. The quantitative estimate of drug-likeness (QED) is 0.0891. The number of benzene rings is 4. The number of anilines is 1. The van der Waals surface area contributed by atoms with Crippen molar-refractivity contribution in [2.75, 3.05) is 25.5 Å². The SMILES string of the molecule is C[C@@H]1[C@H](CN(C)C[C@@H](O)c2cccc(O)c2)O[C@H](c2ccc(NC(=O)c3c(F)c(F)c(F)c(F)c3F)cc2)O[C@@H]1c1ccc(CO)cc1. The highest BCUT2D eigenvalue weighted by atomic mass is 19.2. The van der Waals surface area contributed by atoms with Gasteiger partial charge >= 0.3 is 0 Å². The number of hydrogen-bond acceptors (Lipinski definition) is 7. The van der Waals surface area contributed by atoms with Gasteiger partial charge in [0, 0.05) is 30.3 Å². The highest BCUT2D eigenvalue weighted by molar-refractivity contribution is 6.04. The van der Waals surface area contributed by atoms with E-state index in [4.69, 9.17) is 9.47 Å². The van der Waals surface area contributed by atoms with Crippen molar-refractivity contribution >= 4 is 11.6 Å². The minimum absolute atomic E-state index is 0.00484. The highest BCUT2D eigenvalue weighted by Crippen LogP contribution is 2.42. The first kappa shape index (κ1) is 34.9. The normalized spacial score (nSPS) is 20.1. The Hall–Kier alpha value is -4.40. The minimum atomic E-state index is -2.37. The molecule has 8 nitrogen and oxygen atoms in total. The predicted molar refractivity (Wildman–Crippen MR) is 164 cm³/mol. The zero-order valence-corrected chi connectivity index (χ0v) is 25.8. The number of nitrogens with one attached hydrogen (secondary N) is 1. The van der Waals surface area contributed by atoms with Crippen molar-refractivity contribution in [3.05, 3.63) is 130 Å². The van der Waals surface area contributed by atoms with Crippen LogP contribution in [0, 0.1) is 35.0 Å². The van der Waals surface area contributed by atoms with Gasteiger partial charge in [-0.2, -0.15) is 0 Å². The Labute approximate surface area is 273 Å². The summed E-state index contributed by atoms with van der Waals surface area (Å²) in [7, 11) is 1.82. The maximum Gasteiger partial charge on any atom is 0.261 e. The molecule has 4 aromatic rings. The largest absolute Gasteiger partial charge is 0.508 e. The molecule has 5 atom stereocenters. The Balaban J connectivity index is 1.35. The van der Waals surface area contributed by atoms with E-state index in [1.54, 1.807) is 24.3 Å². The Kier molecular flexibility index (Phi) is 10.8. The van der Waals surface area contributed by atoms with Crippen molar-refractivity contribution in [2.45, 2.75) is 38.1 Å². The lowest BCUT2D eigenvalue weighted by atomic mass is 9.90. The number of phenolic OH excluding ortho intramolecular Hbond substituents is 1. The molecule has 0 saturated carbocycles. The van der Waals surface area contributed by atoms with E-state index >= 15 is 0 Å². The van der Waals surface area contributed by atoms with Gasteiger partial charge in [-0.1, -0.05) is 55.5 Å². The molecule has 254 valence electrons. The standard InChI is InChI=1S/C35H33F5N2O6/c1-18-26(16-42(2)15-25(45)22-4-3-5-24(44)14-22)47-35(48-33(18)20-8-6-19(17-43)7-9-20)21-10-12-23(13-11-21)41-34(46)27-28(36)30(38)32(40)31(39)29(27)37/h3-14,18,25-26,33,35,43-45H,15-17H2,1-2H3,(H,41,46)/t18-,25-,26+,33+,35+/m1/s1. The van der Waals surface area contributed by atoms with Crippen LogP contribution < -0.4 is 5.32 Å². The van der Waals surface area contributed by atoms with Gasteiger partial charge in [0.25, 0.3) is 5.91 Å². The van der Waals surface area contributed by atoms with Crippen LogP contribution in [0.25, 0.3) is 0 Å². The molecular weight excluding hydrogens is 639 g/mol. The van der Waals surface area contributed by atoms with E-state index in [2.05, 4.69) is 5.32 Å². The molecular formula is C35H33F5N2O6. The molecule has 13 heteroatoms. The summed E-state index contributed by atoms with van der Waals surface area (Å²) in [5.41, 5.74) is 0.989. The number of likely N-dealkylation sites (N-methyl/N-ethyl adjacent to an activating group) is 1. The Morgan fingerprint density at radius 2 is 1.48 bits per heavy atom. The maximum atomic E-state index is 14.2. The fourth-order valence-electron chi connectivity index (χ4n) is 5.56. The Morgan fingerprint density at radius 1 is 0.875 bits per heavy atom. The lowest BCUT2D eigenvalue weighted by Gasteiger charge is -2.42. The van der Waals surface area contributed by atoms with E-state index in [1.807, 2.05) is 31.0 Å². The molecule has 4 aromatic carbocycles. The van der Waals surface area contributed by atoms with Crippen LogP contribution in [0.15, 0.2) is 72.8 Å². The number of amides is 1. The molecule has 1 fully saturated rings. The van der Waals surface area contributed by atoms with Crippen LogP contribution in [0.4, 0.5) is 27.6 Å². The number of halogens is 5. The van der Waals surface area contributed by atoms with E-state index in [0.717, 1.165) is 11.1 Å². The van der Waals surface area contributed by atoms with Crippen LogP contribution in [-0.2, 0) is 16.1 Å². The molecule has 5 rings (SSSR count). The van der Waals surface area contributed by atoms with Gasteiger partial charge < -0.3 is 35.0 Å². The summed E-state index contributed by atoms with van der Waals surface area (Å²) in [6.07, 6.45) is -2.72. The van der Waals surface area contributed by atoms with Crippen LogP contribution in [-0.4, -0.2) is 52.4 Å². The molecule has 1 aliphatic heterocycles. The number of carbonyl (C=O) groups excluding carboxylic acids is 1. The molecule has 1 saturated heterocycles. The number of aliphatic hydroxyl groups excluding tert-OH is 2. The van der Waals surface area contributed by atoms with E-state index in [1.165, 1.54) is 36.4 Å². The lowest BCUT2D eigenvalue weighted by Crippen LogP contribution is -2.44. The molecule has 0 bridgehead atoms. The third-order valence-corrected chi connectivity index (χ3v) is 8.23. The number of ether oxygens (including phenoxy) is 2. The zero-order chi connectivity index (χ0) is 34.7. The van der Waals surface area contributed by atoms with Crippen LogP contribution >= 0.6 is 0 Å². The number of rotatable bonds is 10. The summed E-state index contributed by atoms with van der Waals surface area (Å²) in [4.78, 5) is 14.4. The van der Waals surface area contributed by atoms with Crippen LogP contribution in [0.5, 0.6) is 5.75 Å².